The third kappa shape index (κ3) is 2.07. The van der Waals surface area contributed by atoms with Crippen LogP contribution in [0.15, 0.2) is 41.0 Å². The summed E-state index contributed by atoms with van der Waals surface area (Å²) >= 11 is 0. The van der Waals surface area contributed by atoms with Crippen molar-refractivity contribution in [2.45, 2.75) is 19.8 Å². The van der Waals surface area contributed by atoms with Crippen LogP contribution in [0, 0.1) is 11.3 Å². The van der Waals surface area contributed by atoms with Gasteiger partial charge in [0.05, 0.1) is 5.92 Å². The number of allylic oxidation sites excluding steroid dienone is 3. The highest BCUT2D eigenvalue weighted by atomic mass is 16.7. The number of nitrogens with zero attached hydrogens (tertiary/aromatic N) is 1. The highest BCUT2D eigenvalue weighted by Gasteiger charge is 2.34. The lowest BCUT2D eigenvalue weighted by molar-refractivity contribution is -0.114. The number of ketones is 1. The van der Waals surface area contributed by atoms with Crippen molar-refractivity contribution >= 4 is 5.78 Å². The summed E-state index contributed by atoms with van der Waals surface area (Å²) in [7, 11) is 0. The Morgan fingerprint density at radius 3 is 2.77 bits per heavy atom. The van der Waals surface area contributed by atoms with Gasteiger partial charge in [0.15, 0.2) is 17.3 Å². The van der Waals surface area contributed by atoms with Gasteiger partial charge in [0.2, 0.25) is 12.7 Å². The molecule has 2 aliphatic rings. The third-order valence-corrected chi connectivity index (χ3v) is 3.71. The fraction of sp³-hybridized carbons (Fsp3) is 0.250. The summed E-state index contributed by atoms with van der Waals surface area (Å²) in [5, 5.41) is 9.41. The molecule has 112 valence electrons. The van der Waals surface area contributed by atoms with Gasteiger partial charge in [-0.3, -0.25) is 4.79 Å². The summed E-state index contributed by atoms with van der Waals surface area (Å²) in [6.45, 7) is 3.26. The van der Waals surface area contributed by atoms with Crippen LogP contribution in [0.3, 0.4) is 0 Å². The predicted molar refractivity (Wildman–Crippen MR) is 76.6 cm³/mol. The monoisotopic (exact) mass is 298 g/mol. The molecule has 2 heterocycles. The van der Waals surface area contributed by atoms with E-state index in [4.69, 9.17) is 19.9 Å². The highest BCUT2D eigenvalue weighted by molar-refractivity contribution is 5.96. The molecule has 0 saturated heterocycles. The Bertz CT molecular complexity index is 771. The number of nitriles is 1. The zero-order chi connectivity index (χ0) is 15.9. The molecule has 0 aromatic heterocycles. The quantitative estimate of drug-likeness (QED) is 0.898. The maximum absolute atomic E-state index is 12.0. The largest absolute Gasteiger partial charge is 0.454 e. The minimum Gasteiger partial charge on any atom is -0.454 e. The second-order valence-corrected chi connectivity index (χ2v) is 5.06. The van der Waals surface area contributed by atoms with Gasteiger partial charge in [0.25, 0.3) is 0 Å². The minimum absolute atomic E-state index is 0.0210. The number of benzene rings is 1. The number of nitrogens with two attached hydrogens (primary N) is 1. The Labute approximate surface area is 127 Å². The average molecular weight is 298 g/mol. The molecule has 2 aliphatic heterocycles. The van der Waals surface area contributed by atoms with Crippen molar-refractivity contribution in [3.63, 3.8) is 0 Å². The maximum Gasteiger partial charge on any atom is 0.231 e. The Morgan fingerprint density at radius 2 is 2.09 bits per heavy atom. The van der Waals surface area contributed by atoms with E-state index in [1.165, 1.54) is 6.92 Å². The molecule has 6 nitrogen and oxygen atoms in total. The number of Topliss-reactive ketones (excluding diaryl/α,β-unsaturated/α-hetero) is 1. The molecule has 1 atom stereocenters. The fourth-order valence-corrected chi connectivity index (χ4v) is 2.76. The van der Waals surface area contributed by atoms with E-state index in [2.05, 4.69) is 0 Å². The first-order chi connectivity index (χ1) is 10.5. The van der Waals surface area contributed by atoms with Gasteiger partial charge >= 0.3 is 0 Å². The minimum atomic E-state index is -0.564. The molecule has 1 aromatic carbocycles. The SMILES string of the molecule is CC(=O)C1=C(C)OC(N)=C(C#N)C1c1ccc2c(c1)OCO2. The summed E-state index contributed by atoms with van der Waals surface area (Å²) < 4.78 is 16.0. The van der Waals surface area contributed by atoms with Crippen molar-refractivity contribution in [3.05, 3.63) is 46.6 Å². The van der Waals surface area contributed by atoms with Crippen LogP contribution >= 0.6 is 0 Å². The Morgan fingerprint density at radius 1 is 1.36 bits per heavy atom. The van der Waals surface area contributed by atoms with Gasteiger partial charge in [-0.1, -0.05) is 6.07 Å². The van der Waals surface area contributed by atoms with Crippen molar-refractivity contribution in [2.75, 3.05) is 6.79 Å². The maximum atomic E-state index is 12.0. The lowest BCUT2D eigenvalue weighted by Crippen LogP contribution is -2.23. The van der Waals surface area contributed by atoms with Crippen LogP contribution in [0.1, 0.15) is 25.3 Å². The first-order valence-corrected chi connectivity index (χ1v) is 6.71. The molecule has 0 radical (unpaired) electrons. The van der Waals surface area contributed by atoms with Gasteiger partial charge in [-0.15, -0.1) is 0 Å². The molecule has 0 amide bonds. The smallest absolute Gasteiger partial charge is 0.231 e. The molecule has 0 aliphatic carbocycles. The van der Waals surface area contributed by atoms with Crippen molar-refractivity contribution in [2.24, 2.45) is 5.73 Å². The van der Waals surface area contributed by atoms with E-state index in [-0.39, 0.29) is 24.0 Å². The number of fused-ring (bicyclic) bond motifs is 1. The third-order valence-electron chi connectivity index (χ3n) is 3.71. The van der Waals surface area contributed by atoms with Crippen molar-refractivity contribution in [1.82, 2.24) is 0 Å². The van der Waals surface area contributed by atoms with Gasteiger partial charge in [-0.25, -0.2) is 0 Å². The first kappa shape index (κ1) is 14.0. The molecule has 1 unspecified atom stereocenters. The summed E-state index contributed by atoms with van der Waals surface area (Å²) in [5.74, 6) is 0.919. The number of carbonyl (C=O) groups excluding carboxylic acids is 1. The molecule has 0 saturated carbocycles. The van der Waals surface area contributed by atoms with E-state index in [9.17, 15) is 10.1 Å². The highest BCUT2D eigenvalue weighted by Crippen LogP contribution is 2.42. The Hall–Kier alpha value is -2.94. The summed E-state index contributed by atoms with van der Waals surface area (Å²) in [6, 6.07) is 7.36. The van der Waals surface area contributed by atoms with Crippen molar-refractivity contribution in [3.8, 4) is 17.6 Å². The van der Waals surface area contributed by atoms with E-state index in [0.717, 1.165) is 5.56 Å². The predicted octanol–water partition coefficient (Wildman–Crippen LogP) is 2.09. The van der Waals surface area contributed by atoms with Gasteiger partial charge in [0.1, 0.15) is 17.4 Å². The Balaban J connectivity index is 2.17. The fourth-order valence-electron chi connectivity index (χ4n) is 2.76. The van der Waals surface area contributed by atoms with Gasteiger partial charge in [-0.05, 0) is 31.5 Å². The number of carbonyl (C=O) groups is 1. The van der Waals surface area contributed by atoms with E-state index in [0.29, 0.717) is 22.8 Å². The lowest BCUT2D eigenvalue weighted by Gasteiger charge is -2.26. The molecule has 0 spiro atoms. The second-order valence-electron chi connectivity index (χ2n) is 5.06. The Kier molecular flexibility index (Phi) is 3.26. The van der Waals surface area contributed by atoms with Crippen LogP contribution in [0.25, 0.3) is 0 Å². The number of ether oxygens (including phenoxy) is 3. The molecular weight excluding hydrogens is 284 g/mol. The van der Waals surface area contributed by atoms with Crippen molar-refractivity contribution < 1.29 is 19.0 Å². The van der Waals surface area contributed by atoms with Crippen LogP contribution in [-0.4, -0.2) is 12.6 Å². The molecule has 0 fully saturated rings. The number of hydrogen-bond donors (Lipinski definition) is 1. The van der Waals surface area contributed by atoms with Gasteiger partial charge < -0.3 is 19.9 Å². The van der Waals surface area contributed by atoms with Crippen LogP contribution in [0.5, 0.6) is 11.5 Å². The molecular formula is C16H14N2O4. The van der Waals surface area contributed by atoms with Crippen molar-refractivity contribution in [1.29, 1.82) is 5.26 Å². The van der Waals surface area contributed by atoms with E-state index in [1.807, 2.05) is 6.07 Å². The molecule has 0 bridgehead atoms. The standard InChI is InChI=1S/C16H14N2O4/c1-8(19)14-9(2)22-16(18)11(6-17)15(14)10-3-4-12-13(5-10)21-7-20-12/h3-5,15H,7,18H2,1-2H3. The first-order valence-electron chi connectivity index (χ1n) is 6.71. The molecule has 2 N–H and O–H groups in total. The van der Waals surface area contributed by atoms with Crippen LogP contribution in [0.4, 0.5) is 0 Å². The molecule has 6 heteroatoms. The summed E-state index contributed by atoms with van der Waals surface area (Å²) in [5.41, 5.74) is 7.19. The molecule has 3 rings (SSSR count). The zero-order valence-corrected chi connectivity index (χ0v) is 12.2. The zero-order valence-electron chi connectivity index (χ0n) is 12.2. The van der Waals surface area contributed by atoms with Gasteiger partial charge in [-0.2, -0.15) is 5.26 Å². The topological polar surface area (TPSA) is 94.6 Å². The van der Waals surface area contributed by atoms with Gasteiger partial charge in [0, 0.05) is 5.57 Å². The van der Waals surface area contributed by atoms with E-state index < -0.39 is 5.92 Å². The van der Waals surface area contributed by atoms with E-state index in [1.54, 1.807) is 25.1 Å². The number of rotatable bonds is 2. The second kappa shape index (κ2) is 5.11. The summed E-state index contributed by atoms with van der Waals surface area (Å²) in [6.07, 6.45) is 0. The van der Waals surface area contributed by atoms with Crippen LogP contribution in [-0.2, 0) is 9.53 Å². The van der Waals surface area contributed by atoms with Crippen LogP contribution in [0.2, 0.25) is 0 Å². The van der Waals surface area contributed by atoms with Crippen LogP contribution < -0.4 is 15.2 Å². The van der Waals surface area contributed by atoms with E-state index >= 15 is 0 Å². The summed E-state index contributed by atoms with van der Waals surface area (Å²) in [4.78, 5) is 12.0. The normalized spacial score (nSPS) is 19.8. The molecule has 1 aromatic rings. The average Bonchev–Trinajstić information content (AvgIpc) is 2.93. The number of hydrogen-bond acceptors (Lipinski definition) is 6. The molecule has 22 heavy (non-hydrogen) atoms. The lowest BCUT2D eigenvalue weighted by atomic mass is 9.81.